The lowest BCUT2D eigenvalue weighted by molar-refractivity contribution is 0.0528. The van der Waals surface area contributed by atoms with Crippen LogP contribution in [-0.4, -0.2) is 34.8 Å². The Labute approximate surface area is 134 Å². The molecule has 7 heteroatoms. The van der Waals surface area contributed by atoms with Gasteiger partial charge in [-0.1, -0.05) is 12.1 Å². The summed E-state index contributed by atoms with van der Waals surface area (Å²) in [6.45, 7) is 6.48. The van der Waals surface area contributed by atoms with E-state index in [2.05, 4.69) is 20.6 Å². The van der Waals surface area contributed by atoms with Crippen molar-refractivity contribution in [3.05, 3.63) is 34.6 Å². The summed E-state index contributed by atoms with van der Waals surface area (Å²) in [6.07, 6.45) is 0.241. The molecule has 1 aromatic carbocycles. The van der Waals surface area contributed by atoms with Crippen molar-refractivity contribution in [2.24, 2.45) is 0 Å². The molecule has 1 heterocycles. The molecule has 3 N–H and O–H groups in total. The number of carbonyl (C=O) groups excluding carboxylic acids is 1. The number of benzene rings is 1. The number of nitrogens with zero attached hydrogens (tertiary/aromatic N) is 1. The molecule has 124 valence electrons. The van der Waals surface area contributed by atoms with Crippen molar-refractivity contribution in [2.75, 3.05) is 18.4 Å². The van der Waals surface area contributed by atoms with E-state index < -0.39 is 11.7 Å². The molecule has 0 fully saturated rings. The van der Waals surface area contributed by atoms with E-state index in [1.807, 2.05) is 26.8 Å². The van der Waals surface area contributed by atoms with Gasteiger partial charge in [0.1, 0.15) is 5.60 Å². The van der Waals surface area contributed by atoms with E-state index in [-0.39, 0.29) is 5.56 Å². The monoisotopic (exact) mass is 318 g/mol. The highest BCUT2D eigenvalue weighted by molar-refractivity contribution is 5.78. The topological polar surface area (TPSA) is 96.1 Å². The summed E-state index contributed by atoms with van der Waals surface area (Å²) in [5, 5.41) is 6.27. The van der Waals surface area contributed by atoms with Crippen molar-refractivity contribution in [3.8, 4) is 0 Å². The number of hydrogen-bond acceptors (Lipinski definition) is 5. The molecule has 0 saturated heterocycles. The summed E-state index contributed by atoms with van der Waals surface area (Å²) in [4.78, 5) is 30.4. The van der Waals surface area contributed by atoms with Gasteiger partial charge in [0, 0.05) is 13.1 Å². The van der Waals surface area contributed by atoms with Crippen LogP contribution >= 0.6 is 0 Å². The van der Waals surface area contributed by atoms with Crippen LogP contribution in [0.1, 0.15) is 27.2 Å². The number of ether oxygens (including phenoxy) is 1. The van der Waals surface area contributed by atoms with Gasteiger partial charge in [-0.2, -0.15) is 0 Å². The third-order valence-corrected chi connectivity index (χ3v) is 2.93. The van der Waals surface area contributed by atoms with E-state index in [0.717, 1.165) is 0 Å². The zero-order valence-electron chi connectivity index (χ0n) is 13.6. The number of alkyl carbamates (subject to hydrolysis) is 1. The first-order valence-corrected chi connectivity index (χ1v) is 7.55. The maximum Gasteiger partial charge on any atom is 0.407 e. The predicted molar refractivity (Wildman–Crippen MR) is 89.7 cm³/mol. The Morgan fingerprint density at radius 3 is 2.74 bits per heavy atom. The Morgan fingerprint density at radius 1 is 1.26 bits per heavy atom. The van der Waals surface area contributed by atoms with Gasteiger partial charge in [-0.05, 0) is 39.3 Å². The molecule has 0 aliphatic carbocycles. The molecule has 0 aliphatic rings. The molecule has 7 nitrogen and oxygen atoms in total. The predicted octanol–water partition coefficient (Wildman–Crippen LogP) is 2.25. The minimum Gasteiger partial charge on any atom is -0.444 e. The molecule has 0 unspecified atom stereocenters. The van der Waals surface area contributed by atoms with Gasteiger partial charge in [0.05, 0.1) is 10.9 Å². The average molecular weight is 318 g/mol. The molecule has 2 rings (SSSR count). The van der Waals surface area contributed by atoms with Crippen LogP contribution in [0.2, 0.25) is 0 Å². The van der Waals surface area contributed by atoms with Crippen LogP contribution in [-0.2, 0) is 4.74 Å². The van der Waals surface area contributed by atoms with Crippen molar-refractivity contribution in [3.63, 3.8) is 0 Å². The number of nitrogens with one attached hydrogen (secondary N) is 3. The largest absolute Gasteiger partial charge is 0.444 e. The highest BCUT2D eigenvalue weighted by atomic mass is 16.6. The van der Waals surface area contributed by atoms with E-state index in [9.17, 15) is 9.59 Å². The van der Waals surface area contributed by atoms with Crippen molar-refractivity contribution in [1.29, 1.82) is 0 Å². The van der Waals surface area contributed by atoms with Crippen molar-refractivity contribution in [1.82, 2.24) is 15.3 Å². The summed E-state index contributed by atoms with van der Waals surface area (Å²) in [5.41, 5.74) is -0.0350. The van der Waals surface area contributed by atoms with Gasteiger partial charge in [0.15, 0.2) is 0 Å². The van der Waals surface area contributed by atoms with Crippen LogP contribution < -0.4 is 16.2 Å². The maximum absolute atomic E-state index is 11.9. The number of hydrogen-bond donors (Lipinski definition) is 3. The first kappa shape index (κ1) is 16.8. The smallest absolute Gasteiger partial charge is 0.407 e. The van der Waals surface area contributed by atoms with E-state index in [1.165, 1.54) is 0 Å². The van der Waals surface area contributed by atoms with Crippen LogP contribution in [0.5, 0.6) is 0 Å². The number of aromatic nitrogens is 2. The van der Waals surface area contributed by atoms with Gasteiger partial charge in [-0.3, -0.25) is 9.78 Å². The minimum atomic E-state index is -0.503. The number of H-pyrrole nitrogens is 1. The number of rotatable bonds is 5. The molecule has 0 atom stereocenters. The van der Waals surface area contributed by atoms with Gasteiger partial charge < -0.3 is 15.4 Å². The fourth-order valence-corrected chi connectivity index (χ4v) is 1.97. The lowest BCUT2D eigenvalue weighted by atomic mass is 10.2. The van der Waals surface area contributed by atoms with Crippen LogP contribution in [0.3, 0.4) is 0 Å². The van der Waals surface area contributed by atoms with Crippen molar-refractivity contribution in [2.45, 2.75) is 32.8 Å². The lowest BCUT2D eigenvalue weighted by Gasteiger charge is -2.19. The van der Waals surface area contributed by atoms with E-state index in [1.54, 1.807) is 18.2 Å². The molecule has 0 radical (unpaired) electrons. The number of carbonyl (C=O) groups is 1. The molecule has 0 saturated carbocycles. The van der Waals surface area contributed by atoms with Gasteiger partial charge in [-0.25, -0.2) is 9.78 Å². The normalized spacial score (nSPS) is 11.3. The minimum absolute atomic E-state index is 0.176. The highest BCUT2D eigenvalue weighted by Crippen LogP contribution is 2.08. The van der Waals surface area contributed by atoms with E-state index in [0.29, 0.717) is 36.4 Å². The molecule has 1 aromatic heterocycles. The van der Waals surface area contributed by atoms with Crippen LogP contribution in [0.15, 0.2) is 29.1 Å². The number of fused-ring (bicyclic) bond motifs is 1. The molecule has 0 spiro atoms. The molecule has 2 aromatic rings. The average Bonchev–Trinajstić information content (AvgIpc) is 2.45. The lowest BCUT2D eigenvalue weighted by Crippen LogP contribution is -2.33. The summed E-state index contributed by atoms with van der Waals surface area (Å²) < 4.78 is 5.14. The zero-order valence-corrected chi connectivity index (χ0v) is 13.6. The number of para-hydroxylation sites is 1. The molecule has 1 amide bonds. The summed E-state index contributed by atoms with van der Waals surface area (Å²) in [6, 6.07) is 7.16. The second-order valence-electron chi connectivity index (χ2n) is 6.14. The summed E-state index contributed by atoms with van der Waals surface area (Å²) in [7, 11) is 0. The molecule has 23 heavy (non-hydrogen) atoms. The van der Waals surface area contributed by atoms with Crippen LogP contribution in [0.25, 0.3) is 10.9 Å². The molecule has 0 aliphatic heterocycles. The maximum atomic E-state index is 11.9. The Balaban J connectivity index is 1.79. The van der Waals surface area contributed by atoms with Crippen molar-refractivity contribution >= 4 is 22.9 Å². The summed E-state index contributed by atoms with van der Waals surface area (Å²) >= 11 is 0. The van der Waals surface area contributed by atoms with Crippen molar-refractivity contribution < 1.29 is 9.53 Å². The van der Waals surface area contributed by atoms with Gasteiger partial charge in [0.2, 0.25) is 5.95 Å². The zero-order chi connectivity index (χ0) is 16.9. The Kier molecular flexibility index (Phi) is 5.20. The Hall–Kier alpha value is -2.57. The SMILES string of the molecule is CC(C)(C)OC(=O)NCCCNc1nc2ccccc2c(=O)[nH]1. The third-order valence-electron chi connectivity index (χ3n) is 2.93. The van der Waals surface area contributed by atoms with E-state index >= 15 is 0 Å². The quantitative estimate of drug-likeness (QED) is 0.735. The Morgan fingerprint density at radius 2 is 2.00 bits per heavy atom. The fraction of sp³-hybridized carbons (Fsp3) is 0.438. The number of anilines is 1. The second kappa shape index (κ2) is 7.13. The van der Waals surface area contributed by atoms with E-state index in [4.69, 9.17) is 4.74 Å². The van der Waals surface area contributed by atoms with Crippen LogP contribution in [0, 0.1) is 0 Å². The summed E-state index contributed by atoms with van der Waals surface area (Å²) in [5.74, 6) is 0.422. The third kappa shape index (κ3) is 5.28. The number of aromatic amines is 1. The molecular formula is C16H22N4O3. The Bertz CT molecular complexity index is 734. The molecule has 0 bridgehead atoms. The fourth-order valence-electron chi connectivity index (χ4n) is 1.97. The highest BCUT2D eigenvalue weighted by Gasteiger charge is 2.15. The molecular weight excluding hydrogens is 296 g/mol. The standard InChI is InChI=1S/C16H22N4O3/c1-16(2,3)23-15(22)18-10-6-9-17-14-19-12-8-5-4-7-11(12)13(21)20-14/h4-5,7-8H,6,9-10H2,1-3H3,(H,18,22)(H2,17,19,20,21). The number of amides is 1. The second-order valence-corrected chi connectivity index (χ2v) is 6.14. The first-order valence-electron chi connectivity index (χ1n) is 7.55. The van der Waals surface area contributed by atoms with Gasteiger partial charge in [-0.15, -0.1) is 0 Å². The first-order chi connectivity index (χ1) is 10.8. The van der Waals surface area contributed by atoms with Gasteiger partial charge >= 0.3 is 6.09 Å². The van der Waals surface area contributed by atoms with Crippen LogP contribution in [0.4, 0.5) is 10.7 Å². The van der Waals surface area contributed by atoms with Gasteiger partial charge in [0.25, 0.3) is 5.56 Å².